The van der Waals surface area contributed by atoms with Gasteiger partial charge < -0.3 is 4.74 Å². The van der Waals surface area contributed by atoms with E-state index in [0.717, 1.165) is 54.6 Å². The predicted molar refractivity (Wildman–Crippen MR) is 95.7 cm³/mol. The van der Waals surface area contributed by atoms with Crippen LogP contribution in [-0.4, -0.2) is 22.6 Å². The van der Waals surface area contributed by atoms with Gasteiger partial charge in [0.05, 0.1) is 11.9 Å². The van der Waals surface area contributed by atoms with Crippen LogP contribution in [0.25, 0.3) is 10.2 Å². The number of aromatic nitrogens is 2. The Kier molecular flexibility index (Phi) is 4.74. The molecule has 1 saturated carbocycles. The maximum atomic E-state index is 10.4. The molecule has 2 aromatic heterocycles. The summed E-state index contributed by atoms with van der Waals surface area (Å²) in [6.07, 6.45) is 12.1. The number of hydrogen-bond donors (Lipinski definition) is 0. The third-order valence-electron chi connectivity index (χ3n) is 5.37. The van der Waals surface area contributed by atoms with E-state index >= 15 is 0 Å². The third-order valence-corrected chi connectivity index (χ3v) is 6.57. The second kappa shape index (κ2) is 7.13. The molecule has 0 bridgehead atoms. The first kappa shape index (κ1) is 15.9. The van der Waals surface area contributed by atoms with E-state index in [1.807, 2.05) is 0 Å². The number of rotatable bonds is 5. The van der Waals surface area contributed by atoms with E-state index in [1.165, 1.54) is 29.7 Å². The maximum absolute atomic E-state index is 10.4. The molecule has 128 valence electrons. The number of thiophene rings is 1. The first-order valence-electron chi connectivity index (χ1n) is 9.06. The van der Waals surface area contributed by atoms with Crippen molar-refractivity contribution in [2.45, 2.75) is 63.9 Å². The quantitative estimate of drug-likeness (QED) is 0.739. The molecule has 6 heteroatoms. The molecule has 5 nitrogen and oxygen atoms in total. The molecule has 24 heavy (non-hydrogen) atoms. The number of nitrogens with zero attached hydrogens (tertiary/aromatic N) is 3. The summed E-state index contributed by atoms with van der Waals surface area (Å²) in [5.74, 6) is 1.31. The summed E-state index contributed by atoms with van der Waals surface area (Å²) < 4.78 is 6.30. The summed E-state index contributed by atoms with van der Waals surface area (Å²) in [5, 5.41) is 4.17. The number of ether oxygens (including phenoxy) is 1. The molecule has 2 aliphatic rings. The molecule has 0 N–H and O–H groups in total. The fraction of sp³-hybridized carbons (Fsp3) is 0.667. The number of fused-ring (bicyclic) bond motifs is 3. The predicted octanol–water partition coefficient (Wildman–Crippen LogP) is 4.66. The smallest absolute Gasteiger partial charge is 0.225 e. The van der Waals surface area contributed by atoms with Gasteiger partial charge in [-0.1, -0.05) is 11.6 Å². The summed E-state index contributed by atoms with van der Waals surface area (Å²) >= 11 is 1.79. The number of aryl methyl sites for hydroxylation is 1. The first-order chi connectivity index (χ1) is 11.8. The van der Waals surface area contributed by atoms with Crippen LogP contribution in [0.3, 0.4) is 0 Å². The lowest BCUT2D eigenvalue weighted by Crippen LogP contribution is -2.20. The summed E-state index contributed by atoms with van der Waals surface area (Å²) in [4.78, 5) is 21.9. The fourth-order valence-corrected chi connectivity index (χ4v) is 5.24. The fourth-order valence-electron chi connectivity index (χ4n) is 4.06. The zero-order valence-corrected chi connectivity index (χ0v) is 14.7. The lowest BCUT2D eigenvalue weighted by atomic mass is 9.85. The minimum atomic E-state index is 0.297. The molecule has 1 atom stereocenters. The highest BCUT2D eigenvalue weighted by molar-refractivity contribution is 7.18. The molecule has 0 radical (unpaired) electrons. The molecule has 2 heterocycles. The van der Waals surface area contributed by atoms with Gasteiger partial charge in [0.1, 0.15) is 17.3 Å². The van der Waals surface area contributed by atoms with Crippen LogP contribution in [0.2, 0.25) is 0 Å². The van der Waals surface area contributed by atoms with Crippen LogP contribution < -0.4 is 4.74 Å². The maximum Gasteiger partial charge on any atom is 0.225 e. The van der Waals surface area contributed by atoms with E-state index in [0.29, 0.717) is 18.6 Å². The van der Waals surface area contributed by atoms with Crippen molar-refractivity contribution in [3.8, 4) is 5.88 Å². The lowest BCUT2D eigenvalue weighted by Gasteiger charge is -2.24. The van der Waals surface area contributed by atoms with Crippen LogP contribution in [0, 0.1) is 10.8 Å². The van der Waals surface area contributed by atoms with Gasteiger partial charge in [0, 0.05) is 4.88 Å². The van der Waals surface area contributed by atoms with Gasteiger partial charge in [0.25, 0.3) is 0 Å². The number of nitroso groups, excluding NO2 is 1. The average Bonchev–Trinajstić information content (AvgIpc) is 2.99. The second-order valence-corrected chi connectivity index (χ2v) is 8.07. The molecule has 0 spiro atoms. The van der Waals surface area contributed by atoms with Crippen LogP contribution in [0.1, 0.15) is 55.4 Å². The third kappa shape index (κ3) is 3.16. The lowest BCUT2D eigenvalue weighted by molar-refractivity contribution is 0.150. The van der Waals surface area contributed by atoms with Gasteiger partial charge in [0.15, 0.2) is 0 Å². The molecular weight excluding hydrogens is 322 g/mol. The highest BCUT2D eigenvalue weighted by Crippen LogP contribution is 2.41. The summed E-state index contributed by atoms with van der Waals surface area (Å²) in [6.45, 7) is 0.421. The Bertz CT molecular complexity index is 724. The van der Waals surface area contributed by atoms with Gasteiger partial charge in [-0.05, 0) is 62.8 Å². The minimum absolute atomic E-state index is 0.297. The van der Waals surface area contributed by atoms with Gasteiger partial charge >= 0.3 is 0 Å². The summed E-state index contributed by atoms with van der Waals surface area (Å²) in [7, 11) is 0. The first-order valence-corrected chi connectivity index (χ1v) is 9.88. The van der Waals surface area contributed by atoms with E-state index in [2.05, 4.69) is 15.1 Å². The molecule has 2 aromatic rings. The van der Waals surface area contributed by atoms with Crippen LogP contribution in [0.15, 0.2) is 11.5 Å². The van der Waals surface area contributed by atoms with Gasteiger partial charge in [-0.25, -0.2) is 9.97 Å². The molecular formula is C18H23N3O2S. The standard InChI is InChI=1S/C18H23N3O2S/c22-21-9-8-12-6-7-15-14(10-12)16-17(19-11-20-18(16)24-15)23-13-4-2-1-3-5-13/h11-13H,1-10H2. The van der Waals surface area contributed by atoms with E-state index in [1.54, 1.807) is 17.7 Å². The van der Waals surface area contributed by atoms with E-state index in [4.69, 9.17) is 4.74 Å². The van der Waals surface area contributed by atoms with Crippen LogP contribution >= 0.6 is 11.3 Å². The van der Waals surface area contributed by atoms with Gasteiger partial charge in [-0.3, -0.25) is 0 Å². The summed E-state index contributed by atoms with van der Waals surface area (Å²) in [6, 6.07) is 0. The van der Waals surface area contributed by atoms with Gasteiger partial charge in [-0.15, -0.1) is 11.3 Å². The Labute approximate surface area is 145 Å². The van der Waals surface area contributed by atoms with E-state index in [9.17, 15) is 4.91 Å². The van der Waals surface area contributed by atoms with Crippen molar-refractivity contribution in [3.63, 3.8) is 0 Å². The van der Waals surface area contributed by atoms with Crippen molar-refractivity contribution in [2.24, 2.45) is 11.1 Å². The van der Waals surface area contributed by atoms with Crippen LogP contribution in [-0.2, 0) is 12.8 Å². The zero-order valence-electron chi connectivity index (χ0n) is 13.9. The van der Waals surface area contributed by atoms with Crippen molar-refractivity contribution in [1.29, 1.82) is 0 Å². The van der Waals surface area contributed by atoms with Crippen molar-refractivity contribution in [3.05, 3.63) is 21.7 Å². The molecule has 0 amide bonds. The van der Waals surface area contributed by atoms with E-state index < -0.39 is 0 Å². The largest absolute Gasteiger partial charge is 0.474 e. The Balaban J connectivity index is 1.63. The Morgan fingerprint density at radius 2 is 2.08 bits per heavy atom. The highest BCUT2D eigenvalue weighted by Gasteiger charge is 2.26. The van der Waals surface area contributed by atoms with Crippen LogP contribution in [0.5, 0.6) is 5.88 Å². The molecule has 0 aromatic carbocycles. The molecule has 0 saturated heterocycles. The van der Waals surface area contributed by atoms with Gasteiger partial charge in [-0.2, -0.15) is 4.91 Å². The van der Waals surface area contributed by atoms with Crippen molar-refractivity contribution in [1.82, 2.24) is 9.97 Å². The Morgan fingerprint density at radius 1 is 1.21 bits per heavy atom. The Morgan fingerprint density at radius 3 is 2.92 bits per heavy atom. The Hall–Kier alpha value is -1.56. The molecule has 4 rings (SSSR count). The highest BCUT2D eigenvalue weighted by atomic mass is 32.1. The molecule has 2 aliphatic carbocycles. The summed E-state index contributed by atoms with van der Waals surface area (Å²) in [5.41, 5.74) is 1.36. The average molecular weight is 345 g/mol. The normalized spacial score (nSPS) is 21.6. The van der Waals surface area contributed by atoms with E-state index in [-0.39, 0.29) is 0 Å². The second-order valence-electron chi connectivity index (χ2n) is 6.99. The monoisotopic (exact) mass is 345 g/mol. The van der Waals surface area contributed by atoms with Crippen molar-refractivity contribution >= 4 is 21.6 Å². The molecule has 1 fully saturated rings. The zero-order chi connectivity index (χ0) is 16.4. The van der Waals surface area contributed by atoms with Crippen molar-refractivity contribution < 1.29 is 4.74 Å². The number of hydrogen-bond acceptors (Lipinski definition) is 6. The van der Waals surface area contributed by atoms with Crippen LogP contribution in [0.4, 0.5) is 0 Å². The molecule has 1 unspecified atom stereocenters. The minimum Gasteiger partial charge on any atom is -0.474 e. The molecule has 0 aliphatic heterocycles. The SMILES string of the molecule is O=NCCC1CCc2sc3ncnc(OC4CCCCC4)c3c2C1. The van der Waals surface area contributed by atoms with Crippen molar-refractivity contribution in [2.75, 3.05) is 6.54 Å². The topological polar surface area (TPSA) is 64.4 Å². The van der Waals surface area contributed by atoms with Gasteiger partial charge in [0.2, 0.25) is 5.88 Å².